The summed E-state index contributed by atoms with van der Waals surface area (Å²) in [6.45, 7) is 1.01. The summed E-state index contributed by atoms with van der Waals surface area (Å²) in [7, 11) is 0. The standard InChI is InChI=1S/C12H13BrF2N2O3/c1-8-6-9(17(19)20)2-3-10(8)12(18)16(5-4-13)7-11(14)15/h2-3,6,11H,4-5,7H2,1H3. The van der Waals surface area contributed by atoms with Gasteiger partial charge >= 0.3 is 0 Å². The summed E-state index contributed by atoms with van der Waals surface area (Å²) in [4.78, 5) is 23.2. The van der Waals surface area contributed by atoms with Crippen molar-refractivity contribution in [3.8, 4) is 0 Å². The van der Waals surface area contributed by atoms with Crippen molar-refractivity contribution in [3.05, 3.63) is 39.4 Å². The van der Waals surface area contributed by atoms with Gasteiger partial charge < -0.3 is 4.90 Å². The minimum atomic E-state index is -2.63. The molecule has 0 aliphatic rings. The van der Waals surface area contributed by atoms with Gasteiger partial charge in [0.15, 0.2) is 0 Å². The highest BCUT2D eigenvalue weighted by molar-refractivity contribution is 9.09. The van der Waals surface area contributed by atoms with Crippen LogP contribution in [0.3, 0.4) is 0 Å². The van der Waals surface area contributed by atoms with Crippen LogP contribution in [0.15, 0.2) is 18.2 Å². The molecule has 5 nitrogen and oxygen atoms in total. The Hall–Kier alpha value is -1.57. The van der Waals surface area contributed by atoms with Crippen molar-refractivity contribution < 1.29 is 18.5 Å². The lowest BCUT2D eigenvalue weighted by molar-refractivity contribution is -0.384. The maximum Gasteiger partial charge on any atom is 0.269 e. The van der Waals surface area contributed by atoms with E-state index in [1.165, 1.54) is 25.1 Å². The fourth-order valence-electron chi connectivity index (χ4n) is 1.72. The Morgan fingerprint density at radius 2 is 2.15 bits per heavy atom. The van der Waals surface area contributed by atoms with Crippen LogP contribution < -0.4 is 0 Å². The van der Waals surface area contributed by atoms with Gasteiger partial charge in [0.1, 0.15) is 0 Å². The van der Waals surface area contributed by atoms with Gasteiger partial charge in [0.25, 0.3) is 18.0 Å². The Labute approximate surface area is 122 Å². The second-order valence-electron chi connectivity index (χ2n) is 4.09. The summed E-state index contributed by atoms with van der Waals surface area (Å²) in [5.74, 6) is -0.558. The lowest BCUT2D eigenvalue weighted by atomic mass is 10.1. The Kier molecular flexibility index (Phi) is 6.00. The zero-order valence-corrected chi connectivity index (χ0v) is 12.3. The Bertz CT molecular complexity index is 511. The van der Waals surface area contributed by atoms with Crippen LogP contribution in [-0.4, -0.2) is 40.6 Å². The summed E-state index contributed by atoms with van der Waals surface area (Å²) < 4.78 is 24.9. The zero-order chi connectivity index (χ0) is 15.3. The lowest BCUT2D eigenvalue weighted by Crippen LogP contribution is -2.36. The molecule has 0 fully saturated rings. The van der Waals surface area contributed by atoms with Gasteiger partial charge in [-0.3, -0.25) is 14.9 Å². The van der Waals surface area contributed by atoms with E-state index in [0.717, 1.165) is 4.90 Å². The number of rotatable bonds is 6. The lowest BCUT2D eigenvalue weighted by Gasteiger charge is -2.22. The Balaban J connectivity index is 3.02. The van der Waals surface area contributed by atoms with Crippen LogP contribution >= 0.6 is 15.9 Å². The first-order valence-corrected chi connectivity index (χ1v) is 6.87. The largest absolute Gasteiger partial charge is 0.332 e. The predicted molar refractivity (Wildman–Crippen MR) is 73.5 cm³/mol. The third kappa shape index (κ3) is 4.22. The summed E-state index contributed by atoms with van der Waals surface area (Å²) in [5.41, 5.74) is 0.440. The number of nitrogens with zero attached hydrogens (tertiary/aromatic N) is 2. The summed E-state index contributed by atoms with van der Waals surface area (Å²) in [6.07, 6.45) is -2.63. The van der Waals surface area contributed by atoms with Crippen molar-refractivity contribution in [2.24, 2.45) is 0 Å². The fourth-order valence-corrected chi connectivity index (χ4v) is 2.14. The van der Waals surface area contributed by atoms with Crippen LogP contribution in [-0.2, 0) is 0 Å². The number of non-ortho nitro benzene ring substituents is 1. The number of aryl methyl sites for hydroxylation is 1. The van der Waals surface area contributed by atoms with Crippen molar-refractivity contribution in [3.63, 3.8) is 0 Å². The van der Waals surface area contributed by atoms with E-state index in [2.05, 4.69) is 15.9 Å². The first-order valence-electron chi connectivity index (χ1n) is 5.75. The van der Waals surface area contributed by atoms with Crippen molar-refractivity contribution >= 4 is 27.5 Å². The monoisotopic (exact) mass is 350 g/mol. The average molecular weight is 351 g/mol. The molecule has 20 heavy (non-hydrogen) atoms. The number of carbonyl (C=O) groups excluding carboxylic acids is 1. The molecular weight excluding hydrogens is 338 g/mol. The third-order valence-corrected chi connectivity index (χ3v) is 3.01. The van der Waals surface area contributed by atoms with Gasteiger partial charge in [-0.1, -0.05) is 15.9 Å². The van der Waals surface area contributed by atoms with Crippen molar-refractivity contribution in [1.29, 1.82) is 0 Å². The highest BCUT2D eigenvalue weighted by Gasteiger charge is 2.21. The fraction of sp³-hybridized carbons (Fsp3) is 0.417. The molecule has 1 amide bonds. The van der Waals surface area contributed by atoms with Crippen LogP contribution in [0.5, 0.6) is 0 Å². The SMILES string of the molecule is Cc1cc([N+](=O)[O-])ccc1C(=O)N(CCBr)CC(F)F. The van der Waals surface area contributed by atoms with E-state index < -0.39 is 23.8 Å². The highest BCUT2D eigenvalue weighted by Crippen LogP contribution is 2.19. The van der Waals surface area contributed by atoms with Crippen LogP contribution in [0, 0.1) is 17.0 Å². The normalized spacial score (nSPS) is 10.7. The molecule has 0 N–H and O–H groups in total. The number of nitro groups is 1. The van der Waals surface area contributed by atoms with E-state index in [9.17, 15) is 23.7 Å². The van der Waals surface area contributed by atoms with Gasteiger partial charge in [-0.15, -0.1) is 0 Å². The molecule has 0 atom stereocenters. The molecule has 110 valence electrons. The topological polar surface area (TPSA) is 63.5 Å². The maximum atomic E-state index is 12.5. The zero-order valence-electron chi connectivity index (χ0n) is 10.7. The third-order valence-electron chi connectivity index (χ3n) is 2.65. The smallest absolute Gasteiger partial charge is 0.269 e. The second kappa shape index (κ2) is 7.28. The number of hydrogen-bond acceptors (Lipinski definition) is 3. The molecule has 8 heteroatoms. The molecule has 0 radical (unpaired) electrons. The Morgan fingerprint density at radius 1 is 1.50 bits per heavy atom. The van der Waals surface area contributed by atoms with Gasteiger partial charge in [0, 0.05) is 29.6 Å². The maximum absolute atomic E-state index is 12.5. The molecule has 1 aromatic rings. The molecule has 0 aromatic heterocycles. The van der Waals surface area contributed by atoms with Crippen molar-refractivity contribution in [2.45, 2.75) is 13.3 Å². The van der Waals surface area contributed by atoms with E-state index >= 15 is 0 Å². The Morgan fingerprint density at radius 3 is 2.60 bits per heavy atom. The molecule has 0 saturated carbocycles. The highest BCUT2D eigenvalue weighted by atomic mass is 79.9. The van der Waals surface area contributed by atoms with Crippen LogP contribution in [0.4, 0.5) is 14.5 Å². The van der Waals surface area contributed by atoms with Crippen LogP contribution in [0.25, 0.3) is 0 Å². The van der Waals surface area contributed by atoms with Gasteiger partial charge in [-0.05, 0) is 18.6 Å². The van der Waals surface area contributed by atoms with E-state index in [1.54, 1.807) is 0 Å². The van der Waals surface area contributed by atoms with E-state index in [4.69, 9.17) is 0 Å². The minimum Gasteiger partial charge on any atom is -0.332 e. The van der Waals surface area contributed by atoms with Crippen LogP contribution in [0.1, 0.15) is 15.9 Å². The molecule has 1 aromatic carbocycles. The predicted octanol–water partition coefficient (Wildman–Crippen LogP) is 3.01. The first kappa shape index (κ1) is 16.5. The van der Waals surface area contributed by atoms with Gasteiger partial charge in [0.05, 0.1) is 11.5 Å². The number of amides is 1. The van der Waals surface area contributed by atoms with Crippen LogP contribution in [0.2, 0.25) is 0 Å². The first-order chi connectivity index (χ1) is 9.36. The number of alkyl halides is 3. The van der Waals surface area contributed by atoms with E-state index in [1.807, 2.05) is 0 Å². The number of halogens is 3. The summed E-state index contributed by atoms with van der Waals surface area (Å²) >= 11 is 3.10. The molecule has 0 heterocycles. The van der Waals surface area contributed by atoms with Crippen molar-refractivity contribution in [1.82, 2.24) is 4.90 Å². The van der Waals surface area contributed by atoms with Gasteiger partial charge in [-0.25, -0.2) is 8.78 Å². The second-order valence-corrected chi connectivity index (χ2v) is 4.88. The molecule has 0 aliphatic carbocycles. The number of hydrogen-bond donors (Lipinski definition) is 0. The molecular formula is C12H13BrF2N2O3. The van der Waals surface area contributed by atoms with E-state index in [0.29, 0.717) is 10.9 Å². The minimum absolute atomic E-state index is 0.138. The number of carbonyl (C=O) groups is 1. The molecule has 0 spiro atoms. The van der Waals surface area contributed by atoms with Crippen molar-refractivity contribution in [2.75, 3.05) is 18.4 Å². The molecule has 0 saturated heterocycles. The number of nitro benzene ring substituents is 1. The average Bonchev–Trinajstić information content (AvgIpc) is 2.36. The molecule has 0 bridgehead atoms. The molecule has 0 aliphatic heterocycles. The summed E-state index contributed by atoms with van der Waals surface area (Å²) in [6, 6.07) is 3.74. The molecule has 0 unspecified atom stereocenters. The summed E-state index contributed by atoms with van der Waals surface area (Å²) in [5, 5.41) is 11.0. The van der Waals surface area contributed by atoms with Gasteiger partial charge in [0.2, 0.25) is 0 Å². The quantitative estimate of drug-likeness (QED) is 0.450. The number of benzene rings is 1. The van der Waals surface area contributed by atoms with E-state index in [-0.39, 0.29) is 17.8 Å². The molecule has 1 rings (SSSR count). The van der Waals surface area contributed by atoms with Gasteiger partial charge in [-0.2, -0.15) is 0 Å².